The van der Waals surface area contributed by atoms with E-state index in [9.17, 15) is 4.79 Å². The zero-order valence-electron chi connectivity index (χ0n) is 13.0. The summed E-state index contributed by atoms with van der Waals surface area (Å²) in [6.45, 7) is 6.79. The van der Waals surface area contributed by atoms with E-state index in [2.05, 4.69) is 25.9 Å². The van der Waals surface area contributed by atoms with Crippen LogP contribution in [0, 0.1) is 16.7 Å². The summed E-state index contributed by atoms with van der Waals surface area (Å²) in [5.41, 5.74) is 1.49. The van der Waals surface area contributed by atoms with Crippen LogP contribution in [0.4, 0.5) is 0 Å². The Bertz CT molecular complexity index is 669. The van der Waals surface area contributed by atoms with Crippen LogP contribution in [0.5, 0.6) is 0 Å². The van der Waals surface area contributed by atoms with Crippen LogP contribution in [0.2, 0.25) is 10.0 Å². The molecular weight excluding hydrogens is 321 g/mol. The summed E-state index contributed by atoms with van der Waals surface area (Å²) in [4.78, 5) is 17.3. The molecule has 3 nitrogen and oxygen atoms in total. The van der Waals surface area contributed by atoms with Crippen molar-refractivity contribution in [3.05, 3.63) is 33.8 Å². The van der Waals surface area contributed by atoms with Gasteiger partial charge in [0.2, 0.25) is 0 Å². The average Bonchev–Trinajstić information content (AvgIpc) is 2.77. The monoisotopic (exact) mass is 339 g/mol. The van der Waals surface area contributed by atoms with Crippen LogP contribution in [0.3, 0.4) is 0 Å². The van der Waals surface area contributed by atoms with Gasteiger partial charge in [0.15, 0.2) is 0 Å². The number of fused-ring (bicyclic) bond motifs is 2. The van der Waals surface area contributed by atoms with E-state index in [-0.39, 0.29) is 21.4 Å². The van der Waals surface area contributed by atoms with E-state index < -0.39 is 5.97 Å². The minimum atomic E-state index is -0.543. The lowest BCUT2D eigenvalue weighted by molar-refractivity contribution is 0.0508. The molecule has 3 rings (SSSR count). The molecule has 2 fully saturated rings. The maximum absolute atomic E-state index is 12.1. The normalized spacial score (nSPS) is 30.8. The molecule has 0 N–H and O–H groups in total. The smallest absolute Gasteiger partial charge is 0.313 e. The third kappa shape index (κ3) is 2.26. The standard InChI is InChI=1S/C17H19Cl2NO2/c1-16(2)10-6-7-17(16,3)14(8-10)20-22-15(21)12-5-4-11(18)9-13(12)19/h4-5,9-10H,6-8H2,1-3H3/b20-14+. The first-order chi connectivity index (χ1) is 10.3. The van der Waals surface area contributed by atoms with Gasteiger partial charge in [-0.15, -0.1) is 0 Å². The van der Waals surface area contributed by atoms with Crippen molar-refractivity contribution < 1.29 is 9.63 Å². The molecule has 2 unspecified atom stereocenters. The van der Waals surface area contributed by atoms with Crippen molar-refractivity contribution in [2.75, 3.05) is 0 Å². The highest BCUT2D eigenvalue weighted by Crippen LogP contribution is 2.64. The van der Waals surface area contributed by atoms with E-state index in [4.69, 9.17) is 28.0 Å². The van der Waals surface area contributed by atoms with E-state index in [0.29, 0.717) is 10.9 Å². The van der Waals surface area contributed by atoms with Gasteiger partial charge in [0.05, 0.1) is 16.3 Å². The number of nitrogens with zero attached hydrogens (tertiary/aromatic N) is 1. The Labute approximate surface area is 140 Å². The number of carbonyl (C=O) groups excluding carboxylic acids is 1. The second-order valence-corrected chi connectivity index (χ2v) is 7.88. The molecule has 0 heterocycles. The lowest BCUT2D eigenvalue weighted by Crippen LogP contribution is -2.32. The van der Waals surface area contributed by atoms with Crippen LogP contribution in [-0.2, 0) is 4.84 Å². The summed E-state index contributed by atoms with van der Waals surface area (Å²) in [5.74, 6) is 0.0763. The van der Waals surface area contributed by atoms with Crippen molar-refractivity contribution >= 4 is 34.9 Å². The van der Waals surface area contributed by atoms with Crippen molar-refractivity contribution in [2.24, 2.45) is 21.9 Å². The molecule has 0 aromatic heterocycles. The molecule has 0 radical (unpaired) electrons. The lowest BCUT2D eigenvalue weighted by atomic mass is 9.70. The Morgan fingerprint density at radius 3 is 2.59 bits per heavy atom. The van der Waals surface area contributed by atoms with Gasteiger partial charge in [0.1, 0.15) is 0 Å². The fourth-order valence-electron chi connectivity index (χ4n) is 3.87. The molecule has 118 valence electrons. The molecule has 0 saturated heterocycles. The van der Waals surface area contributed by atoms with E-state index in [1.807, 2.05) is 0 Å². The zero-order chi connectivity index (χ0) is 16.1. The maximum atomic E-state index is 12.1. The minimum Gasteiger partial charge on any atom is -0.313 e. The van der Waals surface area contributed by atoms with Crippen LogP contribution in [0.1, 0.15) is 50.4 Å². The van der Waals surface area contributed by atoms with E-state index >= 15 is 0 Å². The third-order valence-electron chi connectivity index (χ3n) is 5.90. The first-order valence-electron chi connectivity index (χ1n) is 7.49. The predicted molar refractivity (Wildman–Crippen MR) is 88.5 cm³/mol. The predicted octanol–water partition coefficient (Wildman–Crippen LogP) is 5.35. The lowest BCUT2D eigenvalue weighted by Gasteiger charge is -2.34. The van der Waals surface area contributed by atoms with Crippen molar-refractivity contribution in [3.8, 4) is 0 Å². The molecule has 2 saturated carbocycles. The maximum Gasteiger partial charge on any atom is 0.367 e. The van der Waals surface area contributed by atoms with Crippen molar-refractivity contribution in [2.45, 2.75) is 40.0 Å². The molecule has 0 aliphatic heterocycles. The van der Waals surface area contributed by atoms with Gasteiger partial charge in [0, 0.05) is 10.4 Å². The largest absolute Gasteiger partial charge is 0.367 e. The molecule has 0 spiro atoms. The van der Waals surface area contributed by atoms with Crippen molar-refractivity contribution in [1.82, 2.24) is 0 Å². The quantitative estimate of drug-likeness (QED) is 0.537. The fourth-order valence-corrected chi connectivity index (χ4v) is 4.35. The second-order valence-electron chi connectivity index (χ2n) is 7.03. The highest BCUT2D eigenvalue weighted by molar-refractivity contribution is 6.36. The Balaban J connectivity index is 1.79. The highest BCUT2D eigenvalue weighted by Gasteiger charge is 2.60. The van der Waals surface area contributed by atoms with Crippen LogP contribution < -0.4 is 0 Å². The number of oxime groups is 1. The summed E-state index contributed by atoms with van der Waals surface area (Å²) < 4.78 is 0. The van der Waals surface area contributed by atoms with Gasteiger partial charge in [-0.05, 0) is 48.8 Å². The van der Waals surface area contributed by atoms with Gasteiger partial charge in [-0.3, -0.25) is 0 Å². The number of halogens is 2. The summed E-state index contributed by atoms with van der Waals surface area (Å²) in [7, 11) is 0. The molecule has 0 amide bonds. The zero-order valence-corrected chi connectivity index (χ0v) is 14.5. The van der Waals surface area contributed by atoms with Crippen LogP contribution in [0.15, 0.2) is 23.4 Å². The van der Waals surface area contributed by atoms with Gasteiger partial charge >= 0.3 is 5.97 Å². The molecule has 2 aliphatic carbocycles. The van der Waals surface area contributed by atoms with E-state index in [1.54, 1.807) is 12.1 Å². The second kappa shape index (κ2) is 5.24. The van der Waals surface area contributed by atoms with Gasteiger partial charge in [-0.25, -0.2) is 4.79 Å². The fraction of sp³-hybridized carbons (Fsp3) is 0.529. The summed E-state index contributed by atoms with van der Waals surface area (Å²) in [6, 6.07) is 4.69. The van der Waals surface area contributed by atoms with Crippen LogP contribution >= 0.6 is 23.2 Å². The minimum absolute atomic E-state index is 0.0156. The molecular formula is C17H19Cl2NO2. The van der Waals surface area contributed by atoms with Gasteiger partial charge in [-0.2, -0.15) is 0 Å². The summed E-state index contributed by atoms with van der Waals surface area (Å²) in [6.07, 6.45) is 3.23. The first kappa shape index (κ1) is 15.8. The van der Waals surface area contributed by atoms with E-state index in [0.717, 1.165) is 18.6 Å². The Morgan fingerprint density at radius 2 is 2.05 bits per heavy atom. The van der Waals surface area contributed by atoms with Crippen LogP contribution in [-0.4, -0.2) is 11.7 Å². The molecule has 2 aliphatic rings. The van der Waals surface area contributed by atoms with Crippen molar-refractivity contribution in [3.63, 3.8) is 0 Å². The molecule has 5 heteroatoms. The Kier molecular flexibility index (Phi) is 3.77. The Hall–Kier alpha value is -1.06. The van der Waals surface area contributed by atoms with Gasteiger partial charge < -0.3 is 4.84 Å². The average molecular weight is 340 g/mol. The van der Waals surface area contributed by atoms with Crippen molar-refractivity contribution in [1.29, 1.82) is 0 Å². The third-order valence-corrected chi connectivity index (χ3v) is 6.45. The highest BCUT2D eigenvalue weighted by atomic mass is 35.5. The summed E-state index contributed by atoms with van der Waals surface area (Å²) >= 11 is 11.9. The number of hydrogen-bond acceptors (Lipinski definition) is 3. The number of hydrogen-bond donors (Lipinski definition) is 0. The first-order valence-corrected chi connectivity index (χ1v) is 8.25. The molecule has 2 bridgehead atoms. The number of benzene rings is 1. The number of carbonyl (C=O) groups is 1. The van der Waals surface area contributed by atoms with Gasteiger partial charge in [-0.1, -0.05) is 49.1 Å². The molecule has 22 heavy (non-hydrogen) atoms. The summed E-state index contributed by atoms with van der Waals surface area (Å²) in [5, 5.41) is 4.95. The SMILES string of the molecule is CC12CCC(C/C1=N\OC(=O)c1ccc(Cl)cc1Cl)C2(C)C. The van der Waals surface area contributed by atoms with E-state index in [1.165, 1.54) is 12.5 Å². The molecule has 1 aromatic carbocycles. The topological polar surface area (TPSA) is 38.7 Å². The molecule has 1 aromatic rings. The van der Waals surface area contributed by atoms with Gasteiger partial charge in [0.25, 0.3) is 0 Å². The Morgan fingerprint density at radius 1 is 1.32 bits per heavy atom. The number of rotatable bonds is 2. The molecule has 2 atom stereocenters. The van der Waals surface area contributed by atoms with Crippen LogP contribution in [0.25, 0.3) is 0 Å².